The van der Waals surface area contributed by atoms with Crippen LogP contribution in [-0.4, -0.2) is 14.5 Å². The maximum atomic E-state index is 9.61. The lowest BCUT2D eigenvalue weighted by Gasteiger charge is -2.04. The lowest BCUT2D eigenvalue weighted by atomic mass is 10.1. The van der Waals surface area contributed by atoms with Gasteiger partial charge in [-0.2, -0.15) is 0 Å². The van der Waals surface area contributed by atoms with Crippen molar-refractivity contribution in [1.29, 1.82) is 0 Å². The lowest BCUT2D eigenvalue weighted by Crippen LogP contribution is -1.92. The molecule has 3 rings (SSSR count). The first kappa shape index (κ1) is 13.2. The Bertz CT molecular complexity index is 764. The Hall–Kier alpha value is -1.78. The molecule has 2 heterocycles. The molecule has 0 unspecified atom stereocenters. The van der Waals surface area contributed by atoms with Gasteiger partial charge in [-0.3, -0.25) is 0 Å². The van der Waals surface area contributed by atoms with E-state index in [0.717, 1.165) is 21.3 Å². The number of aliphatic hydroxyl groups is 1. The zero-order chi connectivity index (χ0) is 14.1. The molecule has 1 aromatic carbocycles. The summed E-state index contributed by atoms with van der Waals surface area (Å²) in [5.74, 6) is 0. The number of benzene rings is 1. The molecule has 0 saturated heterocycles. The van der Waals surface area contributed by atoms with E-state index in [1.807, 2.05) is 28.8 Å². The van der Waals surface area contributed by atoms with Gasteiger partial charge >= 0.3 is 0 Å². The Morgan fingerprint density at radius 2 is 2.00 bits per heavy atom. The van der Waals surface area contributed by atoms with Crippen LogP contribution in [0.4, 0.5) is 0 Å². The average Bonchev–Trinajstić information content (AvgIpc) is 2.80. The molecule has 0 radical (unpaired) electrons. The van der Waals surface area contributed by atoms with Gasteiger partial charge < -0.3 is 9.51 Å². The molecule has 1 N–H and O–H groups in total. The van der Waals surface area contributed by atoms with E-state index in [9.17, 15) is 5.11 Å². The van der Waals surface area contributed by atoms with E-state index in [2.05, 4.69) is 37.0 Å². The number of aliphatic hydroxyl groups excluding tert-OH is 1. The molecule has 3 aromatic rings. The van der Waals surface area contributed by atoms with E-state index >= 15 is 0 Å². The second kappa shape index (κ2) is 5.31. The Morgan fingerprint density at radius 1 is 1.15 bits per heavy atom. The van der Waals surface area contributed by atoms with Crippen LogP contribution in [0.15, 0.2) is 52.5 Å². The fraction of sp³-hybridized carbons (Fsp3) is 0.188. The van der Waals surface area contributed by atoms with Gasteiger partial charge in [0.2, 0.25) is 0 Å². The standard InChI is InChI=1S/C16H16N2OS/c1-11-6-7-13(9-12(11)2)20-16-14(10-19)18-8-4-3-5-15(18)17-16/h3-9,19H,10H2,1-2H3. The number of hydrogen-bond acceptors (Lipinski definition) is 3. The first-order valence-electron chi connectivity index (χ1n) is 6.51. The summed E-state index contributed by atoms with van der Waals surface area (Å²) in [6.45, 7) is 4.20. The maximum Gasteiger partial charge on any atom is 0.138 e. The highest BCUT2D eigenvalue weighted by Gasteiger charge is 2.12. The smallest absolute Gasteiger partial charge is 0.138 e. The number of pyridine rings is 1. The molecule has 3 nitrogen and oxygen atoms in total. The van der Waals surface area contributed by atoms with Crippen molar-refractivity contribution in [3.63, 3.8) is 0 Å². The molecule has 0 aliphatic rings. The van der Waals surface area contributed by atoms with Crippen molar-refractivity contribution in [3.05, 3.63) is 59.4 Å². The van der Waals surface area contributed by atoms with Gasteiger partial charge in [-0.15, -0.1) is 0 Å². The molecule has 0 bridgehead atoms. The SMILES string of the molecule is Cc1ccc(Sc2nc3ccccn3c2CO)cc1C. The quantitative estimate of drug-likeness (QED) is 0.798. The van der Waals surface area contributed by atoms with Gasteiger partial charge in [-0.1, -0.05) is 23.9 Å². The third kappa shape index (κ3) is 2.32. The maximum absolute atomic E-state index is 9.61. The number of fused-ring (bicyclic) bond motifs is 1. The van der Waals surface area contributed by atoms with Crippen molar-refractivity contribution in [3.8, 4) is 0 Å². The number of hydrogen-bond donors (Lipinski definition) is 1. The van der Waals surface area contributed by atoms with Gasteiger partial charge in [0.1, 0.15) is 10.7 Å². The molecule has 0 fully saturated rings. The van der Waals surface area contributed by atoms with Crippen molar-refractivity contribution in [2.45, 2.75) is 30.4 Å². The molecule has 4 heteroatoms. The van der Waals surface area contributed by atoms with Crippen molar-refractivity contribution in [2.75, 3.05) is 0 Å². The van der Waals surface area contributed by atoms with Crippen molar-refractivity contribution < 1.29 is 5.11 Å². The van der Waals surface area contributed by atoms with E-state index < -0.39 is 0 Å². The van der Waals surface area contributed by atoms with Gasteiger partial charge in [-0.25, -0.2) is 4.98 Å². The van der Waals surface area contributed by atoms with Crippen LogP contribution in [0, 0.1) is 13.8 Å². The third-order valence-electron chi connectivity index (χ3n) is 3.43. The van der Waals surface area contributed by atoms with Crippen LogP contribution < -0.4 is 0 Å². The monoisotopic (exact) mass is 284 g/mol. The molecule has 102 valence electrons. The molecule has 0 saturated carbocycles. The first-order chi connectivity index (χ1) is 9.69. The number of imidazole rings is 1. The summed E-state index contributed by atoms with van der Waals surface area (Å²) in [6, 6.07) is 12.2. The van der Waals surface area contributed by atoms with Gasteiger partial charge in [0, 0.05) is 11.1 Å². The number of nitrogens with zero attached hydrogens (tertiary/aromatic N) is 2. The predicted octanol–water partition coefficient (Wildman–Crippen LogP) is 3.59. The Balaban J connectivity index is 2.03. The number of aryl methyl sites for hydroxylation is 2. The molecule has 0 amide bonds. The predicted molar refractivity (Wildman–Crippen MR) is 81.2 cm³/mol. The normalized spacial score (nSPS) is 11.2. The molecule has 0 aliphatic heterocycles. The fourth-order valence-corrected chi connectivity index (χ4v) is 3.15. The molecule has 20 heavy (non-hydrogen) atoms. The van der Waals surface area contributed by atoms with Crippen LogP contribution >= 0.6 is 11.8 Å². The van der Waals surface area contributed by atoms with Crippen LogP contribution in [-0.2, 0) is 6.61 Å². The van der Waals surface area contributed by atoms with Crippen LogP contribution in [0.2, 0.25) is 0 Å². The molecule has 0 atom stereocenters. The van der Waals surface area contributed by atoms with Gasteiger partial charge in [0.25, 0.3) is 0 Å². The fourth-order valence-electron chi connectivity index (χ4n) is 2.14. The van der Waals surface area contributed by atoms with E-state index in [1.54, 1.807) is 11.8 Å². The highest BCUT2D eigenvalue weighted by atomic mass is 32.2. The third-order valence-corrected chi connectivity index (χ3v) is 4.44. The Labute approximate surface area is 122 Å². The summed E-state index contributed by atoms with van der Waals surface area (Å²) < 4.78 is 1.93. The van der Waals surface area contributed by atoms with E-state index in [1.165, 1.54) is 11.1 Å². The summed E-state index contributed by atoms with van der Waals surface area (Å²) in [7, 11) is 0. The minimum absolute atomic E-state index is 0.0155. The van der Waals surface area contributed by atoms with E-state index in [4.69, 9.17) is 0 Å². The van der Waals surface area contributed by atoms with E-state index in [0.29, 0.717) is 0 Å². The summed E-state index contributed by atoms with van der Waals surface area (Å²) in [5.41, 5.74) is 4.25. The zero-order valence-electron chi connectivity index (χ0n) is 11.5. The first-order valence-corrected chi connectivity index (χ1v) is 7.32. The Morgan fingerprint density at radius 3 is 2.75 bits per heavy atom. The van der Waals surface area contributed by atoms with Crippen LogP contribution in [0.1, 0.15) is 16.8 Å². The van der Waals surface area contributed by atoms with Gasteiger partial charge in [0.05, 0.1) is 12.3 Å². The van der Waals surface area contributed by atoms with Crippen LogP contribution in [0.5, 0.6) is 0 Å². The summed E-state index contributed by atoms with van der Waals surface area (Å²) in [6.07, 6.45) is 1.93. The Kier molecular flexibility index (Phi) is 3.51. The van der Waals surface area contributed by atoms with Crippen LogP contribution in [0.3, 0.4) is 0 Å². The highest BCUT2D eigenvalue weighted by molar-refractivity contribution is 7.99. The van der Waals surface area contributed by atoms with Crippen LogP contribution in [0.25, 0.3) is 5.65 Å². The van der Waals surface area contributed by atoms with Crippen molar-refractivity contribution in [1.82, 2.24) is 9.38 Å². The number of aromatic nitrogens is 2. The van der Waals surface area contributed by atoms with E-state index in [-0.39, 0.29) is 6.61 Å². The summed E-state index contributed by atoms with van der Waals surface area (Å²) >= 11 is 1.60. The van der Waals surface area contributed by atoms with Crippen molar-refractivity contribution in [2.24, 2.45) is 0 Å². The minimum Gasteiger partial charge on any atom is -0.390 e. The molecule has 2 aromatic heterocycles. The zero-order valence-corrected chi connectivity index (χ0v) is 12.3. The average molecular weight is 284 g/mol. The molecule has 0 spiro atoms. The topological polar surface area (TPSA) is 37.5 Å². The van der Waals surface area contributed by atoms with Gasteiger partial charge in [0.15, 0.2) is 0 Å². The lowest BCUT2D eigenvalue weighted by molar-refractivity contribution is 0.272. The second-order valence-electron chi connectivity index (χ2n) is 4.80. The summed E-state index contributed by atoms with van der Waals surface area (Å²) in [5, 5.41) is 10.5. The molecule has 0 aliphatic carbocycles. The minimum atomic E-state index is -0.0155. The highest BCUT2D eigenvalue weighted by Crippen LogP contribution is 2.31. The largest absolute Gasteiger partial charge is 0.390 e. The second-order valence-corrected chi connectivity index (χ2v) is 5.86. The molecular weight excluding hydrogens is 268 g/mol. The molecular formula is C16H16N2OS. The van der Waals surface area contributed by atoms with Gasteiger partial charge in [-0.05, 0) is 49.2 Å². The summed E-state index contributed by atoms with van der Waals surface area (Å²) in [4.78, 5) is 5.74. The number of rotatable bonds is 3. The van der Waals surface area contributed by atoms with Crippen molar-refractivity contribution >= 4 is 17.4 Å².